The third kappa shape index (κ3) is 2.74. The van der Waals surface area contributed by atoms with Gasteiger partial charge in [-0.05, 0) is 41.8 Å². The zero-order valence-electron chi connectivity index (χ0n) is 10.5. The van der Waals surface area contributed by atoms with Crippen molar-refractivity contribution >= 4 is 15.9 Å². The topological polar surface area (TPSA) is 35.2 Å². The van der Waals surface area contributed by atoms with Crippen molar-refractivity contribution in [2.45, 2.75) is 13.0 Å². The van der Waals surface area contributed by atoms with E-state index in [-0.39, 0.29) is 6.04 Å². The molecule has 0 aromatic heterocycles. The molecule has 0 aliphatic heterocycles. The summed E-state index contributed by atoms with van der Waals surface area (Å²) in [6.07, 6.45) is 0. The Morgan fingerprint density at radius 1 is 1.06 bits per heavy atom. The summed E-state index contributed by atoms with van der Waals surface area (Å²) < 4.78 is 6.25. The van der Waals surface area contributed by atoms with Gasteiger partial charge >= 0.3 is 0 Å². The molecule has 0 amide bonds. The molecule has 94 valence electrons. The summed E-state index contributed by atoms with van der Waals surface area (Å²) >= 11 is 3.50. The van der Waals surface area contributed by atoms with Crippen molar-refractivity contribution in [2.24, 2.45) is 5.73 Å². The molecule has 0 aliphatic rings. The number of benzene rings is 2. The lowest BCUT2D eigenvalue weighted by molar-refractivity contribution is 0.414. The minimum absolute atomic E-state index is 0.109. The number of ether oxygens (including phenoxy) is 1. The molecule has 0 radical (unpaired) electrons. The highest BCUT2D eigenvalue weighted by molar-refractivity contribution is 9.10. The molecule has 0 aliphatic carbocycles. The fourth-order valence-corrected chi connectivity index (χ4v) is 2.11. The quantitative estimate of drug-likeness (QED) is 0.936. The maximum absolute atomic E-state index is 6.27. The Hall–Kier alpha value is -1.32. The van der Waals surface area contributed by atoms with Crippen molar-refractivity contribution in [3.8, 4) is 5.75 Å². The predicted molar refractivity (Wildman–Crippen MR) is 77.9 cm³/mol. The van der Waals surface area contributed by atoms with Gasteiger partial charge < -0.3 is 10.5 Å². The van der Waals surface area contributed by atoms with Gasteiger partial charge in [-0.25, -0.2) is 0 Å². The Labute approximate surface area is 116 Å². The van der Waals surface area contributed by atoms with E-state index in [9.17, 15) is 0 Å². The lowest BCUT2D eigenvalue weighted by Crippen LogP contribution is -2.11. The third-order valence-corrected chi connectivity index (χ3v) is 3.91. The molecule has 0 bridgehead atoms. The van der Waals surface area contributed by atoms with Crippen LogP contribution in [0.3, 0.4) is 0 Å². The largest absolute Gasteiger partial charge is 0.497 e. The van der Waals surface area contributed by atoms with Crippen molar-refractivity contribution in [3.63, 3.8) is 0 Å². The second-order valence-corrected chi connectivity index (χ2v) is 5.11. The molecular weight excluding hydrogens is 290 g/mol. The van der Waals surface area contributed by atoms with Crippen LogP contribution in [0.1, 0.15) is 22.7 Å². The molecular formula is C15H16BrNO. The van der Waals surface area contributed by atoms with Crippen LogP contribution in [0.25, 0.3) is 0 Å². The zero-order chi connectivity index (χ0) is 13.1. The molecule has 0 spiro atoms. The van der Waals surface area contributed by atoms with Gasteiger partial charge in [0, 0.05) is 4.47 Å². The van der Waals surface area contributed by atoms with Crippen LogP contribution in [0.4, 0.5) is 0 Å². The Morgan fingerprint density at radius 2 is 1.67 bits per heavy atom. The van der Waals surface area contributed by atoms with Gasteiger partial charge in [0.2, 0.25) is 0 Å². The molecule has 0 fully saturated rings. The highest BCUT2D eigenvalue weighted by Crippen LogP contribution is 2.25. The van der Waals surface area contributed by atoms with Gasteiger partial charge in [0.15, 0.2) is 0 Å². The van der Waals surface area contributed by atoms with Crippen molar-refractivity contribution in [2.75, 3.05) is 7.11 Å². The second-order valence-electron chi connectivity index (χ2n) is 4.26. The van der Waals surface area contributed by atoms with Crippen molar-refractivity contribution in [1.29, 1.82) is 0 Å². The summed E-state index contributed by atoms with van der Waals surface area (Å²) in [5.74, 6) is 0.845. The molecule has 2 nitrogen and oxygen atoms in total. The van der Waals surface area contributed by atoms with E-state index in [2.05, 4.69) is 28.9 Å². The van der Waals surface area contributed by atoms with Gasteiger partial charge in [0.05, 0.1) is 13.2 Å². The highest BCUT2D eigenvalue weighted by Gasteiger charge is 2.09. The molecule has 0 saturated heterocycles. The second kappa shape index (κ2) is 5.55. The van der Waals surface area contributed by atoms with Gasteiger partial charge in [0.25, 0.3) is 0 Å². The average Bonchev–Trinajstić information content (AvgIpc) is 2.41. The highest BCUT2D eigenvalue weighted by atomic mass is 79.9. The maximum Gasteiger partial charge on any atom is 0.118 e. The van der Waals surface area contributed by atoms with Crippen LogP contribution in [0.5, 0.6) is 5.75 Å². The maximum atomic E-state index is 6.27. The lowest BCUT2D eigenvalue weighted by Gasteiger charge is -2.14. The zero-order valence-corrected chi connectivity index (χ0v) is 12.1. The first-order valence-corrected chi connectivity index (χ1v) is 6.56. The first-order valence-electron chi connectivity index (χ1n) is 5.77. The molecule has 2 aromatic carbocycles. The summed E-state index contributed by atoms with van der Waals surface area (Å²) in [6, 6.07) is 13.9. The number of hydrogen-bond acceptors (Lipinski definition) is 2. The van der Waals surface area contributed by atoms with E-state index < -0.39 is 0 Å². The van der Waals surface area contributed by atoms with E-state index >= 15 is 0 Å². The number of methoxy groups -OCH3 is 1. The summed E-state index contributed by atoms with van der Waals surface area (Å²) in [5.41, 5.74) is 9.65. The summed E-state index contributed by atoms with van der Waals surface area (Å²) in [7, 11) is 1.66. The third-order valence-electron chi connectivity index (χ3n) is 3.02. The van der Waals surface area contributed by atoms with Crippen LogP contribution in [0.15, 0.2) is 46.9 Å². The molecule has 1 atom stereocenters. The van der Waals surface area contributed by atoms with E-state index in [1.54, 1.807) is 7.11 Å². The first kappa shape index (κ1) is 13.1. The standard InChI is InChI=1S/C15H16BrNO/c1-10-9-12(5-8-14(10)16)15(17)11-3-6-13(18-2)7-4-11/h3-9,15H,17H2,1-2H3. The fraction of sp³-hybridized carbons (Fsp3) is 0.200. The molecule has 0 saturated carbocycles. The molecule has 1 unspecified atom stereocenters. The van der Waals surface area contributed by atoms with E-state index in [0.717, 1.165) is 21.3 Å². The van der Waals surface area contributed by atoms with Gasteiger partial charge in [-0.2, -0.15) is 0 Å². The van der Waals surface area contributed by atoms with E-state index in [1.807, 2.05) is 36.4 Å². The van der Waals surface area contributed by atoms with Crippen molar-refractivity contribution in [3.05, 3.63) is 63.6 Å². The molecule has 3 heteroatoms. The monoisotopic (exact) mass is 305 g/mol. The number of nitrogens with two attached hydrogens (primary N) is 1. The molecule has 2 aromatic rings. The summed E-state index contributed by atoms with van der Waals surface area (Å²) in [4.78, 5) is 0. The van der Waals surface area contributed by atoms with Gasteiger partial charge in [-0.3, -0.25) is 0 Å². The smallest absolute Gasteiger partial charge is 0.118 e. The normalized spacial score (nSPS) is 12.2. The van der Waals surface area contributed by atoms with E-state index in [0.29, 0.717) is 0 Å². The van der Waals surface area contributed by atoms with Gasteiger partial charge in [0.1, 0.15) is 5.75 Å². The van der Waals surface area contributed by atoms with Crippen molar-refractivity contribution < 1.29 is 4.74 Å². The van der Waals surface area contributed by atoms with E-state index in [1.165, 1.54) is 5.56 Å². The van der Waals surface area contributed by atoms with E-state index in [4.69, 9.17) is 10.5 Å². The SMILES string of the molecule is COc1ccc(C(N)c2ccc(Br)c(C)c2)cc1. The Morgan fingerprint density at radius 3 is 2.22 bits per heavy atom. The van der Waals surface area contributed by atoms with Crippen LogP contribution >= 0.6 is 15.9 Å². The number of halogens is 1. The van der Waals surface area contributed by atoms with Crippen LogP contribution < -0.4 is 10.5 Å². The Balaban J connectivity index is 2.28. The van der Waals surface area contributed by atoms with Crippen LogP contribution in [0, 0.1) is 6.92 Å². The Kier molecular flexibility index (Phi) is 4.04. The molecule has 2 N–H and O–H groups in total. The number of rotatable bonds is 3. The van der Waals surface area contributed by atoms with Gasteiger partial charge in [-0.15, -0.1) is 0 Å². The van der Waals surface area contributed by atoms with Crippen LogP contribution in [-0.4, -0.2) is 7.11 Å². The van der Waals surface area contributed by atoms with Crippen LogP contribution in [0.2, 0.25) is 0 Å². The van der Waals surface area contributed by atoms with Crippen molar-refractivity contribution in [1.82, 2.24) is 0 Å². The molecule has 2 rings (SSSR count). The predicted octanol–water partition coefficient (Wildman–Crippen LogP) is 3.81. The minimum Gasteiger partial charge on any atom is -0.497 e. The summed E-state index contributed by atoms with van der Waals surface area (Å²) in [6.45, 7) is 2.06. The Bertz CT molecular complexity index is 537. The van der Waals surface area contributed by atoms with Crippen LogP contribution in [-0.2, 0) is 0 Å². The molecule has 0 heterocycles. The fourth-order valence-electron chi connectivity index (χ4n) is 1.87. The first-order chi connectivity index (χ1) is 8.61. The lowest BCUT2D eigenvalue weighted by atomic mass is 9.98. The van der Waals surface area contributed by atoms with Gasteiger partial charge in [-0.1, -0.05) is 40.2 Å². The average molecular weight is 306 g/mol. The summed E-state index contributed by atoms with van der Waals surface area (Å²) in [5, 5.41) is 0. The minimum atomic E-state index is -0.109. The number of hydrogen-bond donors (Lipinski definition) is 1. The molecule has 18 heavy (non-hydrogen) atoms. The number of aryl methyl sites for hydroxylation is 1.